The molecular weight excluding hydrogens is 440 g/mol. The Bertz CT molecular complexity index is 1260. The molecule has 0 fully saturated rings. The zero-order valence-corrected chi connectivity index (χ0v) is 19.6. The first kappa shape index (κ1) is 22.7. The third-order valence-corrected chi connectivity index (χ3v) is 7.53. The van der Waals surface area contributed by atoms with Gasteiger partial charge in [0.05, 0.1) is 24.8 Å². The van der Waals surface area contributed by atoms with Crippen molar-refractivity contribution in [3.63, 3.8) is 0 Å². The van der Waals surface area contributed by atoms with Crippen LogP contribution in [-0.2, 0) is 21.2 Å². The van der Waals surface area contributed by atoms with Crippen molar-refractivity contribution in [3.8, 4) is 11.5 Å². The molecule has 1 aliphatic heterocycles. The molecule has 0 spiro atoms. The van der Waals surface area contributed by atoms with Gasteiger partial charge >= 0.3 is 0 Å². The molecule has 33 heavy (non-hydrogen) atoms. The van der Waals surface area contributed by atoms with E-state index in [1.807, 2.05) is 31.2 Å². The van der Waals surface area contributed by atoms with Crippen LogP contribution in [0.4, 0.5) is 11.4 Å². The SMILES string of the molecule is COc1ccc(N(CC(=O)N2c3ccccc3CC2C)S(=O)(=O)c2ccccc2)cc1OC. The molecule has 3 aromatic carbocycles. The number of fused-ring (bicyclic) bond motifs is 1. The van der Waals surface area contributed by atoms with E-state index in [2.05, 4.69) is 0 Å². The summed E-state index contributed by atoms with van der Waals surface area (Å²) in [4.78, 5) is 15.3. The van der Waals surface area contributed by atoms with E-state index in [4.69, 9.17) is 9.47 Å². The second-order valence-corrected chi connectivity index (χ2v) is 9.67. The number of para-hydroxylation sites is 1. The lowest BCUT2D eigenvalue weighted by molar-refractivity contribution is -0.117. The molecule has 3 aromatic rings. The van der Waals surface area contributed by atoms with Crippen molar-refractivity contribution in [2.75, 3.05) is 30.0 Å². The average molecular weight is 467 g/mol. The Morgan fingerprint density at radius 1 is 0.970 bits per heavy atom. The van der Waals surface area contributed by atoms with E-state index >= 15 is 0 Å². The van der Waals surface area contributed by atoms with Gasteiger partial charge < -0.3 is 14.4 Å². The maximum Gasteiger partial charge on any atom is 0.264 e. The van der Waals surface area contributed by atoms with Crippen LogP contribution in [-0.4, -0.2) is 41.1 Å². The Morgan fingerprint density at radius 2 is 1.64 bits per heavy atom. The Labute approximate surface area is 194 Å². The first-order chi connectivity index (χ1) is 15.9. The number of carbonyl (C=O) groups is 1. The van der Waals surface area contributed by atoms with Crippen LogP contribution < -0.4 is 18.7 Å². The molecule has 172 valence electrons. The second kappa shape index (κ2) is 9.15. The standard InChI is InChI=1S/C25H26N2O5S/c1-18-15-19-9-7-8-12-22(19)27(18)25(28)17-26(33(29,30)21-10-5-4-6-11-21)20-13-14-23(31-2)24(16-20)32-3/h4-14,16,18H,15,17H2,1-3H3. The average Bonchev–Trinajstić information content (AvgIpc) is 3.18. The van der Waals surface area contributed by atoms with Gasteiger partial charge in [-0.3, -0.25) is 9.10 Å². The number of hydrogen-bond donors (Lipinski definition) is 0. The van der Waals surface area contributed by atoms with Crippen molar-refractivity contribution in [2.45, 2.75) is 24.3 Å². The van der Waals surface area contributed by atoms with Gasteiger partial charge in [-0.05, 0) is 49.2 Å². The van der Waals surface area contributed by atoms with Gasteiger partial charge in [0, 0.05) is 17.8 Å². The summed E-state index contributed by atoms with van der Waals surface area (Å²) in [7, 11) is -1.05. The van der Waals surface area contributed by atoms with E-state index < -0.39 is 10.0 Å². The minimum Gasteiger partial charge on any atom is -0.493 e. The lowest BCUT2D eigenvalue weighted by Crippen LogP contribution is -2.45. The van der Waals surface area contributed by atoms with Gasteiger partial charge in [-0.15, -0.1) is 0 Å². The maximum atomic E-state index is 13.6. The van der Waals surface area contributed by atoms with Crippen molar-refractivity contribution in [3.05, 3.63) is 78.4 Å². The zero-order chi connectivity index (χ0) is 23.6. The Morgan fingerprint density at radius 3 is 2.33 bits per heavy atom. The second-order valence-electron chi connectivity index (χ2n) is 7.81. The van der Waals surface area contributed by atoms with E-state index in [1.165, 1.54) is 26.4 Å². The van der Waals surface area contributed by atoms with Crippen molar-refractivity contribution in [1.29, 1.82) is 0 Å². The summed E-state index contributed by atoms with van der Waals surface area (Å²) in [6.45, 7) is 1.61. The highest BCUT2D eigenvalue weighted by Crippen LogP contribution is 2.35. The third kappa shape index (κ3) is 4.26. The van der Waals surface area contributed by atoms with Gasteiger partial charge in [0.1, 0.15) is 6.54 Å². The van der Waals surface area contributed by atoms with Crippen LogP contribution in [0.25, 0.3) is 0 Å². The predicted molar refractivity (Wildman–Crippen MR) is 128 cm³/mol. The molecule has 0 radical (unpaired) electrons. The van der Waals surface area contributed by atoms with Crippen LogP contribution in [0, 0.1) is 0 Å². The number of rotatable bonds is 7. The lowest BCUT2D eigenvalue weighted by Gasteiger charge is -2.29. The minimum atomic E-state index is -4.03. The topological polar surface area (TPSA) is 76.2 Å². The summed E-state index contributed by atoms with van der Waals surface area (Å²) >= 11 is 0. The van der Waals surface area contributed by atoms with Gasteiger partial charge in [0.15, 0.2) is 11.5 Å². The lowest BCUT2D eigenvalue weighted by atomic mass is 10.1. The Hall–Kier alpha value is -3.52. The molecule has 1 heterocycles. The van der Waals surface area contributed by atoms with Crippen molar-refractivity contribution >= 4 is 27.3 Å². The number of hydrogen-bond acceptors (Lipinski definition) is 5. The molecule has 1 aliphatic rings. The number of benzene rings is 3. The third-order valence-electron chi connectivity index (χ3n) is 5.74. The van der Waals surface area contributed by atoms with E-state index in [0.717, 1.165) is 22.0 Å². The Kier molecular flexibility index (Phi) is 6.29. The molecule has 8 heteroatoms. The van der Waals surface area contributed by atoms with E-state index in [-0.39, 0.29) is 23.4 Å². The largest absolute Gasteiger partial charge is 0.493 e. The molecule has 0 bridgehead atoms. The van der Waals surface area contributed by atoms with E-state index in [9.17, 15) is 13.2 Å². The van der Waals surface area contributed by atoms with Crippen molar-refractivity contribution < 1.29 is 22.7 Å². The number of ether oxygens (including phenoxy) is 2. The zero-order valence-electron chi connectivity index (χ0n) is 18.8. The molecule has 0 aromatic heterocycles. The molecule has 0 N–H and O–H groups in total. The summed E-state index contributed by atoms with van der Waals surface area (Å²) in [5.74, 6) is 0.532. The van der Waals surface area contributed by atoms with Gasteiger partial charge in [0.2, 0.25) is 5.91 Å². The molecule has 0 saturated heterocycles. The fourth-order valence-corrected chi connectivity index (χ4v) is 5.59. The van der Waals surface area contributed by atoms with Crippen LogP contribution in [0.3, 0.4) is 0 Å². The first-order valence-corrected chi connectivity index (χ1v) is 12.0. The predicted octanol–water partition coefficient (Wildman–Crippen LogP) is 3.88. The van der Waals surface area contributed by atoms with Crippen LogP contribution in [0.15, 0.2) is 77.7 Å². The van der Waals surface area contributed by atoms with Crippen molar-refractivity contribution in [2.24, 2.45) is 0 Å². The fourth-order valence-electron chi connectivity index (χ4n) is 4.16. The summed E-state index contributed by atoms with van der Waals surface area (Å²) in [5.41, 5.74) is 2.20. The van der Waals surface area contributed by atoms with Gasteiger partial charge in [-0.1, -0.05) is 36.4 Å². The molecule has 1 unspecified atom stereocenters. The van der Waals surface area contributed by atoms with Crippen LogP contribution in [0.1, 0.15) is 12.5 Å². The highest BCUT2D eigenvalue weighted by molar-refractivity contribution is 7.92. The summed E-state index contributed by atoms with van der Waals surface area (Å²) in [5, 5.41) is 0. The monoisotopic (exact) mass is 466 g/mol. The smallest absolute Gasteiger partial charge is 0.264 e. The highest BCUT2D eigenvalue weighted by atomic mass is 32.2. The summed E-state index contributed by atoms with van der Waals surface area (Å²) < 4.78 is 39.1. The van der Waals surface area contributed by atoms with Crippen LogP contribution in [0.5, 0.6) is 11.5 Å². The van der Waals surface area contributed by atoms with Crippen molar-refractivity contribution in [1.82, 2.24) is 0 Å². The molecule has 4 rings (SSSR count). The number of nitrogens with zero attached hydrogens (tertiary/aromatic N) is 2. The summed E-state index contributed by atoms with van der Waals surface area (Å²) in [6, 6.07) is 20.5. The summed E-state index contributed by atoms with van der Waals surface area (Å²) in [6.07, 6.45) is 0.726. The first-order valence-electron chi connectivity index (χ1n) is 10.6. The molecule has 0 saturated carbocycles. The number of methoxy groups -OCH3 is 2. The molecule has 1 atom stereocenters. The fraction of sp³-hybridized carbons (Fsp3) is 0.240. The highest BCUT2D eigenvalue weighted by Gasteiger charge is 2.35. The quantitative estimate of drug-likeness (QED) is 0.528. The van der Waals surface area contributed by atoms with E-state index in [0.29, 0.717) is 17.2 Å². The van der Waals surface area contributed by atoms with Crippen LogP contribution >= 0.6 is 0 Å². The molecule has 1 amide bonds. The number of carbonyl (C=O) groups excluding carboxylic acids is 1. The number of amides is 1. The number of sulfonamides is 1. The van der Waals surface area contributed by atoms with Gasteiger partial charge in [-0.25, -0.2) is 8.42 Å². The maximum absolute atomic E-state index is 13.6. The normalized spacial score (nSPS) is 15.1. The van der Waals surface area contributed by atoms with Crippen LogP contribution in [0.2, 0.25) is 0 Å². The molecule has 7 nitrogen and oxygen atoms in total. The minimum absolute atomic E-state index is 0.0680. The number of anilines is 2. The van der Waals surface area contributed by atoms with E-state index in [1.54, 1.807) is 41.3 Å². The molecular formula is C25H26N2O5S. The Balaban J connectivity index is 1.76. The molecule has 0 aliphatic carbocycles. The van der Waals surface area contributed by atoms with Gasteiger partial charge in [-0.2, -0.15) is 0 Å². The van der Waals surface area contributed by atoms with Gasteiger partial charge in [0.25, 0.3) is 10.0 Å².